The third-order valence-corrected chi connectivity index (χ3v) is 1.90. The highest BCUT2D eigenvalue weighted by atomic mass is 79.9. The van der Waals surface area contributed by atoms with Gasteiger partial charge in [-0.1, -0.05) is 15.9 Å². The number of nitrogens with zero attached hydrogens (tertiary/aromatic N) is 2. The number of rotatable bonds is 2. The van der Waals surface area contributed by atoms with Crippen molar-refractivity contribution in [2.24, 2.45) is 0 Å². The molecule has 1 rings (SSSR count). The first-order valence-corrected chi connectivity index (χ1v) is 4.19. The molecule has 0 fully saturated rings. The zero-order chi connectivity index (χ0) is 9.14. The van der Waals surface area contributed by atoms with Crippen molar-refractivity contribution in [3.63, 3.8) is 0 Å². The highest BCUT2D eigenvalue weighted by Crippen LogP contribution is 2.11. The van der Waals surface area contributed by atoms with E-state index in [9.17, 15) is 15.3 Å². The Kier molecular flexibility index (Phi) is 2.59. The van der Waals surface area contributed by atoms with Gasteiger partial charge < -0.3 is 5.21 Å². The van der Waals surface area contributed by atoms with Gasteiger partial charge in [-0.05, 0) is 0 Å². The molecule has 0 aliphatic rings. The normalized spacial score (nSPS) is 9.75. The molecule has 6 heteroatoms. The predicted molar refractivity (Wildman–Crippen MR) is 44.7 cm³/mol. The fourth-order valence-corrected chi connectivity index (χ4v) is 1.14. The van der Waals surface area contributed by atoms with Gasteiger partial charge in [0.25, 0.3) is 5.69 Å². The first-order chi connectivity index (χ1) is 5.65. The minimum absolute atomic E-state index is 0.0726. The summed E-state index contributed by atoms with van der Waals surface area (Å²) in [6, 6.07) is 2.40. The molecule has 0 radical (unpaired) electrons. The molecule has 0 aliphatic heterocycles. The van der Waals surface area contributed by atoms with Crippen molar-refractivity contribution < 1.29 is 9.65 Å². The van der Waals surface area contributed by atoms with Crippen molar-refractivity contribution in [2.45, 2.75) is 5.33 Å². The highest BCUT2D eigenvalue weighted by Gasteiger charge is 2.11. The van der Waals surface area contributed by atoms with Gasteiger partial charge in [0, 0.05) is 0 Å². The summed E-state index contributed by atoms with van der Waals surface area (Å²) in [5.41, 5.74) is 0.251. The largest absolute Gasteiger partial charge is 0.618 e. The number of halogens is 1. The lowest BCUT2D eigenvalue weighted by Gasteiger charge is -1.99. The predicted octanol–water partition coefficient (Wildman–Crippen LogP) is 1.12. The van der Waals surface area contributed by atoms with Gasteiger partial charge in [-0.3, -0.25) is 10.1 Å². The minimum Gasteiger partial charge on any atom is -0.618 e. The molecular weight excluding hydrogens is 228 g/mol. The molecule has 64 valence electrons. The second-order valence-electron chi connectivity index (χ2n) is 2.09. The van der Waals surface area contributed by atoms with E-state index in [1.165, 1.54) is 12.1 Å². The average molecular weight is 233 g/mol. The maximum absolute atomic E-state index is 10.9. The van der Waals surface area contributed by atoms with Crippen molar-refractivity contribution in [3.8, 4) is 0 Å². The Labute approximate surface area is 76.5 Å². The van der Waals surface area contributed by atoms with Crippen LogP contribution in [-0.4, -0.2) is 4.92 Å². The van der Waals surface area contributed by atoms with Crippen LogP contribution < -0.4 is 4.73 Å². The number of hydrogen-bond acceptors (Lipinski definition) is 3. The lowest BCUT2D eigenvalue weighted by Crippen LogP contribution is -2.30. The van der Waals surface area contributed by atoms with E-state index in [1.54, 1.807) is 0 Å². The summed E-state index contributed by atoms with van der Waals surface area (Å²) in [7, 11) is 0. The Morgan fingerprint density at radius 1 is 1.67 bits per heavy atom. The quantitative estimate of drug-likeness (QED) is 0.252. The van der Waals surface area contributed by atoms with E-state index >= 15 is 0 Å². The Morgan fingerprint density at radius 2 is 2.33 bits per heavy atom. The summed E-state index contributed by atoms with van der Waals surface area (Å²) in [6.45, 7) is 0. The summed E-state index contributed by atoms with van der Waals surface area (Å²) in [6.07, 6.45) is 1.12. The van der Waals surface area contributed by atoms with Gasteiger partial charge in [0.15, 0.2) is 6.20 Å². The first kappa shape index (κ1) is 8.92. The standard InChI is InChI=1S/C6H5BrN2O3/c7-4-6-3-5(9(11)12)1-2-8(6)10/h1-3H,4H2. The molecule has 0 atom stereocenters. The Bertz CT molecular complexity index is 316. The van der Waals surface area contributed by atoms with Gasteiger partial charge in [-0.15, -0.1) is 0 Å². The topological polar surface area (TPSA) is 70.1 Å². The molecule has 0 amide bonds. The van der Waals surface area contributed by atoms with E-state index in [1.807, 2.05) is 0 Å². The number of nitro groups is 1. The van der Waals surface area contributed by atoms with Crippen LogP contribution in [0, 0.1) is 15.3 Å². The number of alkyl halides is 1. The summed E-state index contributed by atoms with van der Waals surface area (Å²) < 4.78 is 0.585. The zero-order valence-corrected chi connectivity index (χ0v) is 7.52. The molecule has 0 aromatic carbocycles. The number of aromatic nitrogens is 1. The van der Waals surface area contributed by atoms with Gasteiger partial charge in [0.1, 0.15) is 0 Å². The fourth-order valence-electron chi connectivity index (χ4n) is 0.733. The van der Waals surface area contributed by atoms with E-state index in [2.05, 4.69) is 15.9 Å². The average Bonchev–Trinajstić information content (AvgIpc) is 2.05. The molecule has 0 bridgehead atoms. The maximum atomic E-state index is 10.9. The van der Waals surface area contributed by atoms with Crippen LogP contribution in [0.15, 0.2) is 18.3 Å². The molecule has 5 nitrogen and oxygen atoms in total. The second-order valence-corrected chi connectivity index (χ2v) is 2.65. The lowest BCUT2D eigenvalue weighted by molar-refractivity contribution is -0.613. The van der Waals surface area contributed by atoms with Crippen molar-refractivity contribution >= 4 is 21.6 Å². The van der Waals surface area contributed by atoms with Gasteiger partial charge in [0.05, 0.1) is 22.4 Å². The van der Waals surface area contributed by atoms with E-state index in [-0.39, 0.29) is 5.69 Å². The first-order valence-electron chi connectivity index (χ1n) is 3.07. The SMILES string of the molecule is O=[N+]([O-])c1cc[n+]([O-])c(CBr)c1. The zero-order valence-electron chi connectivity index (χ0n) is 5.94. The summed E-state index contributed by atoms with van der Waals surface area (Å²) in [5, 5.41) is 21.5. The van der Waals surface area contributed by atoms with Crippen LogP contribution in [-0.2, 0) is 5.33 Å². The van der Waals surface area contributed by atoms with Crippen molar-refractivity contribution in [1.29, 1.82) is 0 Å². The van der Waals surface area contributed by atoms with E-state index in [0.29, 0.717) is 15.8 Å². The molecule has 1 heterocycles. The molecule has 0 spiro atoms. The van der Waals surface area contributed by atoms with Crippen molar-refractivity contribution in [3.05, 3.63) is 39.3 Å². The van der Waals surface area contributed by atoms with Crippen LogP contribution in [0.25, 0.3) is 0 Å². The minimum atomic E-state index is -0.536. The van der Waals surface area contributed by atoms with E-state index in [0.717, 1.165) is 6.20 Å². The smallest absolute Gasteiger partial charge is 0.281 e. The van der Waals surface area contributed by atoms with Gasteiger partial charge in [-0.25, -0.2) is 0 Å². The lowest BCUT2D eigenvalue weighted by atomic mass is 10.3. The molecule has 0 saturated heterocycles. The summed E-state index contributed by atoms with van der Waals surface area (Å²) >= 11 is 3.05. The van der Waals surface area contributed by atoms with Crippen LogP contribution in [0.5, 0.6) is 0 Å². The Balaban J connectivity index is 3.13. The second kappa shape index (κ2) is 3.48. The molecule has 0 aliphatic carbocycles. The highest BCUT2D eigenvalue weighted by molar-refractivity contribution is 9.08. The van der Waals surface area contributed by atoms with E-state index in [4.69, 9.17) is 0 Å². The maximum Gasteiger partial charge on any atom is 0.281 e. The molecule has 0 unspecified atom stereocenters. The molecule has 0 saturated carbocycles. The number of pyridine rings is 1. The Hall–Kier alpha value is -1.17. The van der Waals surface area contributed by atoms with Gasteiger partial charge >= 0.3 is 0 Å². The van der Waals surface area contributed by atoms with Crippen LogP contribution in [0.4, 0.5) is 5.69 Å². The van der Waals surface area contributed by atoms with Crippen LogP contribution in [0.1, 0.15) is 5.69 Å². The third kappa shape index (κ3) is 1.70. The Morgan fingerprint density at radius 3 is 2.83 bits per heavy atom. The van der Waals surface area contributed by atoms with Crippen molar-refractivity contribution in [1.82, 2.24) is 0 Å². The van der Waals surface area contributed by atoms with Crippen LogP contribution in [0.2, 0.25) is 0 Å². The monoisotopic (exact) mass is 232 g/mol. The molecule has 12 heavy (non-hydrogen) atoms. The van der Waals surface area contributed by atoms with Crippen LogP contribution >= 0.6 is 15.9 Å². The van der Waals surface area contributed by atoms with E-state index < -0.39 is 4.92 Å². The third-order valence-electron chi connectivity index (χ3n) is 1.33. The van der Waals surface area contributed by atoms with Gasteiger partial charge in [0.2, 0.25) is 5.69 Å². The summed E-state index contributed by atoms with van der Waals surface area (Å²) in [5.74, 6) is 0. The molecular formula is C6H5BrN2O3. The van der Waals surface area contributed by atoms with Crippen molar-refractivity contribution in [2.75, 3.05) is 0 Å². The molecule has 1 aromatic heterocycles. The summed E-state index contributed by atoms with van der Waals surface area (Å²) in [4.78, 5) is 9.72. The molecule has 1 aromatic rings. The fraction of sp³-hybridized carbons (Fsp3) is 0.167. The van der Waals surface area contributed by atoms with Gasteiger partial charge in [-0.2, -0.15) is 4.73 Å². The van der Waals surface area contributed by atoms with Crippen LogP contribution in [0.3, 0.4) is 0 Å². The molecule has 0 N–H and O–H groups in total. The number of hydrogen-bond donors (Lipinski definition) is 0.